The third kappa shape index (κ3) is 8.21. The topological polar surface area (TPSA) is 224 Å². The van der Waals surface area contributed by atoms with Crippen molar-refractivity contribution in [3.05, 3.63) is 75.0 Å². The number of ketones is 1. The van der Waals surface area contributed by atoms with Crippen molar-refractivity contribution in [2.24, 2.45) is 23.7 Å². The average Bonchev–Trinajstić information content (AvgIpc) is 3.49. The highest BCUT2D eigenvalue weighted by atomic mass is 16.7. The molecule has 0 spiro atoms. The van der Waals surface area contributed by atoms with E-state index in [-0.39, 0.29) is 79.7 Å². The van der Waals surface area contributed by atoms with Gasteiger partial charge in [0.05, 0.1) is 35.9 Å². The van der Waals surface area contributed by atoms with Crippen LogP contribution >= 0.6 is 0 Å². The van der Waals surface area contributed by atoms with E-state index in [1.165, 1.54) is 46.9 Å². The number of carbonyl (C=O) groups excluding carboxylic acids is 3. The van der Waals surface area contributed by atoms with Crippen LogP contribution in [0.4, 0.5) is 5.69 Å². The molecular formula is C47H56N2O13. The van der Waals surface area contributed by atoms with Crippen molar-refractivity contribution in [2.75, 3.05) is 19.0 Å². The van der Waals surface area contributed by atoms with E-state index in [9.17, 15) is 39.6 Å². The number of hydrogen-bond donors (Lipinski definition) is 5. The van der Waals surface area contributed by atoms with Gasteiger partial charge in [0.1, 0.15) is 40.3 Å². The molecule has 2 aromatic rings. The van der Waals surface area contributed by atoms with Crippen molar-refractivity contribution in [3.63, 3.8) is 0 Å². The number of aliphatic hydroxyl groups excluding tert-OH is 2. The normalized spacial score (nSPS) is 29.7. The van der Waals surface area contributed by atoms with Gasteiger partial charge in [0.25, 0.3) is 11.7 Å². The minimum absolute atomic E-state index is 0.000897. The zero-order chi connectivity index (χ0) is 45.7. The summed E-state index contributed by atoms with van der Waals surface area (Å²) in [6, 6.07) is 3.20. The molecule has 0 saturated heterocycles. The Morgan fingerprint density at radius 1 is 0.984 bits per heavy atom. The van der Waals surface area contributed by atoms with Crippen LogP contribution in [0.2, 0.25) is 0 Å². The summed E-state index contributed by atoms with van der Waals surface area (Å²) in [5.41, 5.74) is -0.509. The molecule has 0 aromatic heterocycles. The first kappa shape index (κ1) is 45.9. The molecule has 3 heterocycles. The van der Waals surface area contributed by atoms with E-state index in [0.717, 1.165) is 0 Å². The second-order valence-corrected chi connectivity index (χ2v) is 17.1. The number of nitrogens with one attached hydrogen (secondary N) is 1. The van der Waals surface area contributed by atoms with Gasteiger partial charge in [0.2, 0.25) is 11.2 Å². The monoisotopic (exact) mass is 856 g/mol. The molecule has 6 rings (SSSR count). The van der Waals surface area contributed by atoms with Crippen molar-refractivity contribution in [1.29, 1.82) is 0 Å². The summed E-state index contributed by atoms with van der Waals surface area (Å²) in [6.45, 7) is 16.3. The maximum absolute atomic E-state index is 14.7. The Morgan fingerprint density at radius 3 is 2.32 bits per heavy atom. The van der Waals surface area contributed by atoms with E-state index < -0.39 is 82.7 Å². The van der Waals surface area contributed by atoms with Gasteiger partial charge in [-0.05, 0) is 37.5 Å². The van der Waals surface area contributed by atoms with E-state index in [0.29, 0.717) is 5.56 Å². The van der Waals surface area contributed by atoms with Gasteiger partial charge in [0, 0.05) is 61.2 Å². The number of anilines is 1. The lowest BCUT2D eigenvalue weighted by Crippen LogP contribution is -2.46. The van der Waals surface area contributed by atoms with Crippen molar-refractivity contribution in [1.82, 2.24) is 4.98 Å². The van der Waals surface area contributed by atoms with Crippen LogP contribution in [0.1, 0.15) is 89.7 Å². The summed E-state index contributed by atoms with van der Waals surface area (Å²) >= 11 is 0. The number of ether oxygens (including phenoxy) is 4. The number of aromatic nitrogens is 1. The number of aromatic hydroxyl groups is 2. The number of nitrogens with zero attached hydrogens (tertiary/aromatic N) is 1. The van der Waals surface area contributed by atoms with Gasteiger partial charge in [-0.3, -0.25) is 19.2 Å². The van der Waals surface area contributed by atoms with E-state index in [4.69, 9.17) is 28.3 Å². The standard InChI is InChI=1S/C47H56N2O13/c1-20(2)28-18-29(51)35-31(19-28)61-44-36(48-35)32-33-40(54)26(8)43-34(32)45(56)47(10,62-43)59-17-13-16-30(58-11)23(5)42(60-27(9)50)25(7)39(53)24(6)38(52)21(3)14-12-15-22(4)46(57)49-37(44)41(33)55/h12-16,18-21,23-25,30,38-39,42,51-54H,17H2,1-11H3,(H,49,57)/b14-12+,16-13+,22-15-/t21-,23+,24+,25+,30-,38-,39+,42+,47-/m0/s1. The molecule has 5 N–H and O–H groups in total. The summed E-state index contributed by atoms with van der Waals surface area (Å²) in [5.74, 6) is -7.46. The number of hydrogen-bond acceptors (Lipinski definition) is 14. The summed E-state index contributed by atoms with van der Waals surface area (Å²) in [7, 11) is 1.48. The first-order valence-corrected chi connectivity index (χ1v) is 20.7. The fourth-order valence-corrected chi connectivity index (χ4v) is 8.41. The predicted octanol–water partition coefficient (Wildman–Crippen LogP) is 6.82. The molecule has 0 radical (unpaired) electrons. The molecule has 4 aliphatic rings. The Labute approximate surface area is 359 Å². The summed E-state index contributed by atoms with van der Waals surface area (Å²) in [5, 5.41) is 48.1. The second kappa shape index (κ2) is 17.6. The fourth-order valence-electron chi connectivity index (χ4n) is 8.41. The summed E-state index contributed by atoms with van der Waals surface area (Å²) in [4.78, 5) is 60.2. The smallest absolute Gasteiger partial charge is 0.302 e. The Bertz CT molecular complexity index is 2550. The molecule has 0 unspecified atom stereocenters. The van der Waals surface area contributed by atoms with Crippen LogP contribution in [0.25, 0.3) is 33.3 Å². The minimum Gasteiger partial charge on any atom is -0.507 e. The predicted molar refractivity (Wildman–Crippen MR) is 232 cm³/mol. The molecule has 332 valence electrons. The number of esters is 1. The van der Waals surface area contributed by atoms with Crippen LogP contribution < -0.4 is 15.5 Å². The lowest BCUT2D eigenvalue weighted by atomic mass is 9.78. The number of methoxy groups -OCH3 is 1. The van der Waals surface area contributed by atoms with E-state index in [2.05, 4.69) is 5.32 Å². The molecular weight excluding hydrogens is 801 g/mol. The molecule has 1 amide bonds. The molecule has 4 bridgehead atoms. The number of amides is 1. The quantitative estimate of drug-likeness (QED) is 0.0617. The Kier molecular flexibility index (Phi) is 13.1. The molecule has 62 heavy (non-hydrogen) atoms. The van der Waals surface area contributed by atoms with Gasteiger partial charge >= 0.3 is 5.97 Å². The van der Waals surface area contributed by atoms with Gasteiger partial charge in [-0.25, -0.2) is 4.98 Å². The van der Waals surface area contributed by atoms with Crippen molar-refractivity contribution in [3.8, 4) is 28.7 Å². The number of carbonyl (C=O) groups is 3. The molecule has 3 aliphatic heterocycles. The molecule has 15 nitrogen and oxygen atoms in total. The Balaban J connectivity index is 1.58. The van der Waals surface area contributed by atoms with Crippen LogP contribution in [-0.2, 0) is 23.8 Å². The lowest BCUT2D eigenvalue weighted by molar-refractivity contribution is -0.160. The average molecular weight is 857 g/mol. The highest BCUT2D eigenvalue weighted by molar-refractivity contribution is 6.22. The van der Waals surface area contributed by atoms with Crippen LogP contribution in [0.5, 0.6) is 17.2 Å². The molecule has 1 aliphatic carbocycles. The lowest BCUT2D eigenvalue weighted by Gasteiger charge is -2.38. The highest BCUT2D eigenvalue weighted by Crippen LogP contribution is 2.51. The van der Waals surface area contributed by atoms with Gasteiger partial charge in [-0.15, -0.1) is 0 Å². The zero-order valence-corrected chi connectivity index (χ0v) is 36.9. The number of phenols is 2. The zero-order valence-electron chi connectivity index (χ0n) is 36.9. The first-order chi connectivity index (χ1) is 29.1. The molecule has 9 atom stereocenters. The number of fused-ring (bicyclic) bond motifs is 2. The maximum Gasteiger partial charge on any atom is 0.302 e. The van der Waals surface area contributed by atoms with Crippen LogP contribution in [0.15, 0.2) is 57.3 Å². The number of rotatable bonds is 3. The number of allylic oxidation sites excluding steroid dienone is 2. The maximum atomic E-state index is 14.7. The van der Waals surface area contributed by atoms with E-state index >= 15 is 0 Å². The number of Topliss-reactive ketones (excluding diaryl/α,β-unsaturated/α-hetero) is 1. The van der Waals surface area contributed by atoms with Gasteiger partial charge in [0.15, 0.2) is 11.3 Å². The molecule has 0 saturated carbocycles. The Morgan fingerprint density at radius 2 is 1.68 bits per heavy atom. The second-order valence-electron chi connectivity index (χ2n) is 17.1. The molecule has 2 aromatic carbocycles. The van der Waals surface area contributed by atoms with Crippen LogP contribution in [0, 0.1) is 30.6 Å². The van der Waals surface area contributed by atoms with Crippen molar-refractivity contribution in [2.45, 2.75) is 105 Å². The fraction of sp³-hybridized carbons (Fsp3) is 0.468. The number of benzene rings is 3. The van der Waals surface area contributed by atoms with Gasteiger partial charge in [-0.2, -0.15) is 0 Å². The Hall–Kier alpha value is -5.61. The van der Waals surface area contributed by atoms with Crippen molar-refractivity contribution < 1.29 is 58.2 Å². The number of aliphatic hydroxyl groups is 2. The van der Waals surface area contributed by atoms with Crippen LogP contribution in [0.3, 0.4) is 0 Å². The van der Waals surface area contributed by atoms with Gasteiger partial charge < -0.3 is 49.1 Å². The highest BCUT2D eigenvalue weighted by Gasteiger charge is 2.49. The molecule has 0 fully saturated rings. The summed E-state index contributed by atoms with van der Waals surface area (Å²) in [6.07, 6.45) is 4.27. The SMILES string of the molecule is CO[C@H]1/C=C/CO[C@@]2(C)Oc3c(C)c(O)c4c(=O)c(c5oc6cc(C(C)C)cc(O)c6nc-5c4c3C2=O)NC(=O)/C(C)=C\C=C\[C@H](C)[C@H](O)[C@@H](C)[C@@H](O)[C@@H](C)[C@H](OC(C)=O)[C@@H]1C. The summed E-state index contributed by atoms with van der Waals surface area (Å²) < 4.78 is 30.2. The first-order valence-electron chi connectivity index (χ1n) is 20.7. The molecule has 15 heteroatoms. The third-order valence-corrected chi connectivity index (χ3v) is 12.3. The van der Waals surface area contributed by atoms with E-state index in [1.807, 2.05) is 13.8 Å². The van der Waals surface area contributed by atoms with Crippen LogP contribution in [-0.4, -0.2) is 87.0 Å². The van der Waals surface area contributed by atoms with Gasteiger partial charge in [-0.1, -0.05) is 71.9 Å². The van der Waals surface area contributed by atoms with Crippen molar-refractivity contribution >= 4 is 45.2 Å². The largest absolute Gasteiger partial charge is 0.507 e. The van der Waals surface area contributed by atoms with E-state index in [1.54, 1.807) is 58.1 Å². The minimum atomic E-state index is -1.98. The third-order valence-electron chi connectivity index (χ3n) is 12.3. The number of phenolic OH excluding ortho intramolecular Hbond substituents is 2.